The van der Waals surface area contributed by atoms with E-state index in [0.717, 1.165) is 31.4 Å². The Bertz CT molecular complexity index is 436. The SMILES string of the molecule is [11CH3]OS(=O)(=O)c1ccc([N+](=O)[O-])cc1. The van der Waals surface area contributed by atoms with Crippen LogP contribution in [0.2, 0.25) is 0 Å². The van der Waals surface area contributed by atoms with Crippen LogP contribution in [0.15, 0.2) is 29.2 Å². The third-order valence-corrected chi connectivity index (χ3v) is 2.84. The number of benzene rings is 1. The molecule has 0 aromatic heterocycles. The molecule has 0 spiro atoms. The number of hydrogen-bond acceptors (Lipinski definition) is 5. The van der Waals surface area contributed by atoms with Crippen LogP contribution in [0.25, 0.3) is 0 Å². The fourth-order valence-corrected chi connectivity index (χ4v) is 1.49. The molecule has 0 saturated heterocycles. The van der Waals surface area contributed by atoms with Gasteiger partial charge >= 0.3 is 0 Å². The molecule has 0 bridgehead atoms. The molecule has 1 rings (SSSR count). The van der Waals surface area contributed by atoms with Crippen LogP contribution < -0.4 is 0 Å². The molecule has 0 amide bonds. The maximum Gasteiger partial charge on any atom is 0.296 e. The summed E-state index contributed by atoms with van der Waals surface area (Å²) >= 11 is 0. The van der Waals surface area contributed by atoms with E-state index in [0.29, 0.717) is 0 Å². The summed E-state index contributed by atoms with van der Waals surface area (Å²) in [5, 5.41) is 10.3. The monoisotopic (exact) mass is 216 g/mol. The third kappa shape index (κ3) is 2.06. The van der Waals surface area contributed by atoms with Crippen LogP contribution in [0, 0.1) is 10.1 Å². The molecule has 0 saturated carbocycles. The van der Waals surface area contributed by atoms with Crippen molar-refractivity contribution < 1.29 is 17.5 Å². The van der Waals surface area contributed by atoms with Crippen molar-refractivity contribution >= 4 is 15.8 Å². The van der Waals surface area contributed by atoms with Crippen molar-refractivity contribution in [2.45, 2.75) is 4.90 Å². The van der Waals surface area contributed by atoms with Gasteiger partial charge in [0.1, 0.15) is 0 Å². The summed E-state index contributed by atoms with van der Waals surface area (Å²) in [6.07, 6.45) is 0. The summed E-state index contributed by atoms with van der Waals surface area (Å²) < 4.78 is 26.4. The van der Waals surface area contributed by atoms with E-state index in [-0.39, 0.29) is 10.6 Å². The van der Waals surface area contributed by atoms with E-state index >= 15 is 0 Å². The second-order valence-corrected chi connectivity index (χ2v) is 4.08. The third-order valence-electron chi connectivity index (χ3n) is 1.56. The fourth-order valence-electron chi connectivity index (χ4n) is 0.831. The fraction of sp³-hybridized carbons (Fsp3) is 0.143. The zero-order chi connectivity index (χ0) is 10.8. The first kappa shape index (κ1) is 10.6. The average Bonchev–Trinajstić information content (AvgIpc) is 2.18. The van der Waals surface area contributed by atoms with Gasteiger partial charge in [-0.25, -0.2) is 0 Å². The largest absolute Gasteiger partial charge is 0.296 e. The van der Waals surface area contributed by atoms with Gasteiger partial charge in [-0.1, -0.05) is 0 Å². The number of nitro benzene ring substituents is 1. The van der Waals surface area contributed by atoms with Crippen LogP contribution in [-0.4, -0.2) is 20.5 Å². The smallest absolute Gasteiger partial charge is 0.270 e. The van der Waals surface area contributed by atoms with Crippen LogP contribution >= 0.6 is 0 Å². The molecule has 0 atom stereocenters. The second-order valence-electron chi connectivity index (χ2n) is 2.37. The average molecular weight is 216 g/mol. The quantitative estimate of drug-likeness (QED) is 0.426. The van der Waals surface area contributed by atoms with Crippen molar-refractivity contribution in [3.63, 3.8) is 0 Å². The van der Waals surface area contributed by atoms with Gasteiger partial charge in [-0.15, -0.1) is 0 Å². The highest BCUT2D eigenvalue weighted by Crippen LogP contribution is 2.16. The van der Waals surface area contributed by atoms with Crippen LogP contribution in [0.5, 0.6) is 0 Å². The summed E-state index contributed by atoms with van der Waals surface area (Å²) in [5.41, 5.74) is -0.167. The van der Waals surface area contributed by atoms with Crippen molar-refractivity contribution in [1.82, 2.24) is 0 Å². The predicted molar refractivity (Wildman–Crippen MR) is 47.3 cm³/mol. The molecule has 14 heavy (non-hydrogen) atoms. The van der Waals surface area contributed by atoms with Gasteiger partial charge in [-0.3, -0.25) is 14.3 Å². The maximum absolute atomic E-state index is 11.1. The molecule has 0 aliphatic heterocycles. The standard InChI is InChI=1S/C7H7NO5S/c1-13-14(11,12)7-4-2-6(3-5-7)8(9)10/h2-5H,1H3/i1-1. The van der Waals surface area contributed by atoms with Gasteiger partial charge in [0.25, 0.3) is 15.8 Å². The highest BCUT2D eigenvalue weighted by Gasteiger charge is 2.14. The van der Waals surface area contributed by atoms with Gasteiger partial charge in [0.2, 0.25) is 0 Å². The van der Waals surface area contributed by atoms with E-state index in [1.54, 1.807) is 0 Å². The molecule has 0 N–H and O–H groups in total. The van der Waals surface area contributed by atoms with E-state index in [1.165, 1.54) is 0 Å². The Morgan fingerprint density at radius 1 is 1.29 bits per heavy atom. The number of rotatable bonds is 3. The van der Waals surface area contributed by atoms with E-state index in [4.69, 9.17) is 0 Å². The van der Waals surface area contributed by atoms with Crippen molar-refractivity contribution in [3.8, 4) is 0 Å². The summed E-state index contributed by atoms with van der Waals surface area (Å²) in [6, 6.07) is 4.45. The molecule has 6 nitrogen and oxygen atoms in total. The summed E-state index contributed by atoms with van der Waals surface area (Å²) in [6.45, 7) is 0. The molecule has 0 fully saturated rings. The van der Waals surface area contributed by atoms with E-state index in [1.807, 2.05) is 0 Å². The molecule has 0 heterocycles. The van der Waals surface area contributed by atoms with Gasteiger partial charge in [-0.2, -0.15) is 8.42 Å². The van der Waals surface area contributed by atoms with Gasteiger partial charge in [-0.05, 0) is 12.1 Å². The molecule has 1 aromatic rings. The molecule has 0 radical (unpaired) electrons. The normalized spacial score (nSPS) is 11.2. The maximum atomic E-state index is 11.1. The Kier molecular flexibility index (Phi) is 2.82. The lowest BCUT2D eigenvalue weighted by molar-refractivity contribution is -0.384. The Morgan fingerprint density at radius 3 is 2.14 bits per heavy atom. The number of non-ortho nitro benzene ring substituents is 1. The molecule has 76 valence electrons. The Morgan fingerprint density at radius 2 is 1.79 bits per heavy atom. The first-order chi connectivity index (χ1) is 6.47. The summed E-state index contributed by atoms with van der Waals surface area (Å²) in [5.74, 6) is 0. The van der Waals surface area contributed by atoms with E-state index < -0.39 is 15.0 Å². The zero-order valence-electron chi connectivity index (χ0n) is 7.21. The minimum absolute atomic E-state index is 0.106. The predicted octanol–water partition coefficient (Wildman–Crippen LogP) is 0.930. The molecular weight excluding hydrogens is 209 g/mol. The van der Waals surface area contributed by atoms with Crippen molar-refractivity contribution in [2.75, 3.05) is 7.11 Å². The minimum atomic E-state index is -3.76. The Balaban J connectivity index is 3.12. The summed E-state index contributed by atoms with van der Waals surface area (Å²) in [7, 11) is -2.74. The first-order valence-electron chi connectivity index (χ1n) is 3.52. The van der Waals surface area contributed by atoms with Crippen molar-refractivity contribution in [2.24, 2.45) is 0 Å². The molecular formula is C7H7NO5S. The van der Waals surface area contributed by atoms with Gasteiger partial charge in [0.05, 0.1) is 16.9 Å². The lowest BCUT2D eigenvalue weighted by Gasteiger charge is -1.99. The van der Waals surface area contributed by atoms with Crippen LogP contribution in [0.3, 0.4) is 0 Å². The molecule has 1 aromatic carbocycles. The number of hydrogen-bond donors (Lipinski definition) is 0. The second kappa shape index (κ2) is 3.72. The van der Waals surface area contributed by atoms with E-state index in [2.05, 4.69) is 4.18 Å². The lowest BCUT2D eigenvalue weighted by Crippen LogP contribution is -2.02. The molecule has 0 unspecified atom stereocenters. The van der Waals surface area contributed by atoms with Crippen LogP contribution in [0.1, 0.15) is 0 Å². The zero-order valence-corrected chi connectivity index (χ0v) is 8.02. The van der Waals surface area contributed by atoms with Gasteiger partial charge < -0.3 is 0 Å². The van der Waals surface area contributed by atoms with Crippen molar-refractivity contribution in [3.05, 3.63) is 34.4 Å². The van der Waals surface area contributed by atoms with Crippen LogP contribution in [0.4, 0.5) is 5.69 Å². The van der Waals surface area contributed by atoms with E-state index in [9.17, 15) is 18.5 Å². The molecule has 0 aliphatic rings. The highest BCUT2D eigenvalue weighted by atomic mass is 32.2. The Labute approximate surface area is 80.4 Å². The van der Waals surface area contributed by atoms with Gasteiger partial charge in [0, 0.05) is 12.1 Å². The summed E-state index contributed by atoms with van der Waals surface area (Å²) in [4.78, 5) is 9.54. The first-order valence-corrected chi connectivity index (χ1v) is 4.93. The van der Waals surface area contributed by atoms with Crippen molar-refractivity contribution in [1.29, 1.82) is 0 Å². The highest BCUT2D eigenvalue weighted by molar-refractivity contribution is 7.86. The number of nitro groups is 1. The molecule has 7 heteroatoms. The van der Waals surface area contributed by atoms with Crippen LogP contribution in [-0.2, 0) is 14.3 Å². The Hall–Kier alpha value is -1.47. The lowest BCUT2D eigenvalue weighted by atomic mass is 10.3. The minimum Gasteiger partial charge on any atom is -0.270 e. The number of nitrogens with zero attached hydrogens (tertiary/aromatic N) is 1. The topological polar surface area (TPSA) is 86.5 Å². The molecule has 0 aliphatic carbocycles. The van der Waals surface area contributed by atoms with Gasteiger partial charge in [0.15, 0.2) is 0 Å².